The first kappa shape index (κ1) is 24.5. The van der Waals surface area contributed by atoms with E-state index < -0.39 is 5.60 Å². The zero-order chi connectivity index (χ0) is 24.8. The molecule has 1 unspecified atom stereocenters. The number of rotatable bonds is 5. The fourth-order valence-corrected chi connectivity index (χ4v) is 4.43. The molecule has 4 rings (SSSR count). The average Bonchev–Trinajstić information content (AvgIpc) is 3.14. The van der Waals surface area contributed by atoms with Crippen molar-refractivity contribution in [3.63, 3.8) is 0 Å². The quantitative estimate of drug-likeness (QED) is 0.524. The van der Waals surface area contributed by atoms with Crippen molar-refractivity contribution in [2.45, 2.75) is 51.9 Å². The molecule has 1 aliphatic heterocycles. The number of carbonyl (C=O) groups excluding carboxylic acids is 1. The van der Waals surface area contributed by atoms with E-state index in [1.165, 1.54) is 0 Å². The van der Waals surface area contributed by atoms with Crippen molar-refractivity contribution in [3.8, 4) is 6.07 Å². The third-order valence-corrected chi connectivity index (χ3v) is 6.18. The van der Waals surface area contributed by atoms with Crippen LogP contribution < -0.4 is 0 Å². The molecule has 1 aromatic heterocycles. The molecule has 0 radical (unpaired) electrons. The van der Waals surface area contributed by atoms with E-state index in [4.69, 9.17) is 10.00 Å². The predicted molar refractivity (Wildman–Crippen MR) is 135 cm³/mol. The van der Waals surface area contributed by atoms with Crippen LogP contribution in [-0.4, -0.2) is 50.7 Å². The number of hydrogen-bond donors (Lipinski definition) is 0. The summed E-state index contributed by atoms with van der Waals surface area (Å²) in [7, 11) is 0. The summed E-state index contributed by atoms with van der Waals surface area (Å²) < 4.78 is 7.91. The molecular formula is C28H33N5O2. The van der Waals surface area contributed by atoms with Gasteiger partial charge in [0.15, 0.2) is 0 Å². The lowest BCUT2D eigenvalue weighted by Crippen LogP contribution is -2.40. The second-order valence-corrected chi connectivity index (χ2v) is 9.99. The topological polar surface area (TPSA) is 74.4 Å². The van der Waals surface area contributed by atoms with Gasteiger partial charge in [0, 0.05) is 38.9 Å². The van der Waals surface area contributed by atoms with Gasteiger partial charge in [0.05, 0.1) is 29.7 Å². The normalized spacial score (nSPS) is 17.0. The van der Waals surface area contributed by atoms with Crippen LogP contribution in [0.2, 0.25) is 0 Å². The van der Waals surface area contributed by atoms with Crippen molar-refractivity contribution in [3.05, 3.63) is 89.5 Å². The fraction of sp³-hybridized carbons (Fsp3) is 0.393. The van der Waals surface area contributed by atoms with Crippen molar-refractivity contribution in [2.75, 3.05) is 19.6 Å². The first-order chi connectivity index (χ1) is 16.8. The minimum atomic E-state index is -0.539. The highest BCUT2D eigenvalue weighted by atomic mass is 16.6. The molecule has 7 nitrogen and oxygen atoms in total. The van der Waals surface area contributed by atoms with Crippen molar-refractivity contribution >= 4 is 6.09 Å². The fourth-order valence-electron chi connectivity index (χ4n) is 4.43. The number of carbonyl (C=O) groups is 1. The summed E-state index contributed by atoms with van der Waals surface area (Å²) in [5.74, 6) is 0. The van der Waals surface area contributed by atoms with Gasteiger partial charge in [-0.25, -0.2) is 9.78 Å². The molecule has 2 aromatic carbocycles. The predicted octanol–water partition coefficient (Wildman–Crippen LogP) is 4.99. The largest absolute Gasteiger partial charge is 0.444 e. The maximum atomic E-state index is 13.1. The maximum absolute atomic E-state index is 13.1. The summed E-state index contributed by atoms with van der Waals surface area (Å²) in [5, 5.41) is 9.03. The van der Waals surface area contributed by atoms with Crippen LogP contribution in [0.25, 0.3) is 0 Å². The Hall–Kier alpha value is -3.63. The number of nitrogens with zero attached hydrogens (tertiary/aromatic N) is 5. The third kappa shape index (κ3) is 6.49. The summed E-state index contributed by atoms with van der Waals surface area (Å²) in [6.45, 7) is 9.37. The number of imidazole rings is 1. The Morgan fingerprint density at radius 3 is 2.49 bits per heavy atom. The Morgan fingerprint density at radius 2 is 1.80 bits per heavy atom. The number of amides is 1. The van der Waals surface area contributed by atoms with Crippen LogP contribution in [0.15, 0.2) is 67.1 Å². The lowest BCUT2D eigenvalue weighted by atomic mass is 10.0. The van der Waals surface area contributed by atoms with Gasteiger partial charge in [-0.15, -0.1) is 0 Å². The highest BCUT2D eigenvalue weighted by Crippen LogP contribution is 2.29. The van der Waals surface area contributed by atoms with E-state index in [1.54, 1.807) is 0 Å². The Labute approximate surface area is 207 Å². The van der Waals surface area contributed by atoms with Gasteiger partial charge in [-0.2, -0.15) is 5.26 Å². The molecule has 35 heavy (non-hydrogen) atoms. The van der Waals surface area contributed by atoms with Crippen LogP contribution in [0.4, 0.5) is 4.79 Å². The second kappa shape index (κ2) is 10.7. The van der Waals surface area contributed by atoms with Gasteiger partial charge in [0.1, 0.15) is 5.60 Å². The number of nitriles is 1. The van der Waals surface area contributed by atoms with Crippen LogP contribution in [0.1, 0.15) is 55.6 Å². The number of hydrogen-bond acceptors (Lipinski definition) is 5. The molecule has 0 N–H and O–H groups in total. The van der Waals surface area contributed by atoms with Gasteiger partial charge in [-0.05, 0) is 50.5 Å². The molecule has 3 aromatic rings. The van der Waals surface area contributed by atoms with Gasteiger partial charge < -0.3 is 9.30 Å². The number of aromatic nitrogens is 2. The van der Waals surface area contributed by atoms with Crippen molar-refractivity contribution in [2.24, 2.45) is 0 Å². The van der Waals surface area contributed by atoms with Crippen LogP contribution in [0, 0.1) is 11.3 Å². The molecule has 1 amide bonds. The Balaban J connectivity index is 1.48. The molecule has 0 aliphatic carbocycles. The molecule has 1 atom stereocenters. The summed E-state index contributed by atoms with van der Waals surface area (Å²) >= 11 is 0. The van der Waals surface area contributed by atoms with Crippen LogP contribution >= 0.6 is 0 Å². The van der Waals surface area contributed by atoms with E-state index in [1.807, 2.05) is 80.7 Å². The Bertz CT molecular complexity index is 1160. The summed E-state index contributed by atoms with van der Waals surface area (Å²) in [4.78, 5) is 21.8. The summed E-state index contributed by atoms with van der Waals surface area (Å²) in [6.07, 6.45) is 4.33. The highest BCUT2D eigenvalue weighted by Gasteiger charge is 2.32. The minimum absolute atomic E-state index is 0.0281. The third-order valence-electron chi connectivity index (χ3n) is 6.18. The molecule has 0 spiro atoms. The highest BCUT2D eigenvalue weighted by molar-refractivity contribution is 5.69. The van der Waals surface area contributed by atoms with Gasteiger partial charge in [-0.3, -0.25) is 9.80 Å². The maximum Gasteiger partial charge on any atom is 0.410 e. The van der Waals surface area contributed by atoms with Gasteiger partial charge >= 0.3 is 6.09 Å². The standard InChI is InChI=1S/C28H33N5O2/c1-28(2,3)35-27(34)33-16-15-31(14-13-26(33)24-7-5-4-6-8-24)20-25-18-30-21-32(25)19-23-11-9-22(17-29)10-12-23/h4-12,18,21,26H,13-16,19-20H2,1-3H3. The minimum Gasteiger partial charge on any atom is -0.444 e. The van der Waals surface area contributed by atoms with E-state index in [9.17, 15) is 4.79 Å². The van der Waals surface area contributed by atoms with Gasteiger partial charge in [0.25, 0.3) is 0 Å². The Morgan fingerprint density at radius 1 is 1.06 bits per heavy atom. The number of benzene rings is 2. The van der Waals surface area contributed by atoms with E-state index in [0.29, 0.717) is 18.7 Å². The summed E-state index contributed by atoms with van der Waals surface area (Å²) in [6, 6.07) is 20.0. The molecule has 1 saturated heterocycles. The first-order valence-corrected chi connectivity index (χ1v) is 12.1. The number of ether oxygens (including phenoxy) is 1. The first-order valence-electron chi connectivity index (χ1n) is 12.1. The smallest absolute Gasteiger partial charge is 0.410 e. The second-order valence-electron chi connectivity index (χ2n) is 9.99. The van der Waals surface area contributed by atoms with E-state index in [2.05, 4.69) is 32.7 Å². The van der Waals surface area contributed by atoms with Crippen molar-refractivity contribution < 1.29 is 9.53 Å². The molecule has 0 bridgehead atoms. The Kier molecular flexibility index (Phi) is 7.52. The summed E-state index contributed by atoms with van der Waals surface area (Å²) in [5.41, 5.74) is 3.50. The molecule has 1 aliphatic rings. The molecule has 1 fully saturated rings. The lowest BCUT2D eigenvalue weighted by Gasteiger charge is -2.32. The van der Waals surface area contributed by atoms with Crippen LogP contribution in [0.5, 0.6) is 0 Å². The molecule has 7 heteroatoms. The zero-order valence-corrected chi connectivity index (χ0v) is 20.7. The molecule has 0 saturated carbocycles. The van der Waals surface area contributed by atoms with Crippen molar-refractivity contribution in [1.82, 2.24) is 19.4 Å². The van der Waals surface area contributed by atoms with Crippen LogP contribution in [0.3, 0.4) is 0 Å². The lowest BCUT2D eigenvalue weighted by molar-refractivity contribution is 0.0168. The average molecular weight is 472 g/mol. The zero-order valence-electron chi connectivity index (χ0n) is 20.7. The van der Waals surface area contributed by atoms with E-state index >= 15 is 0 Å². The van der Waals surface area contributed by atoms with E-state index in [0.717, 1.165) is 42.9 Å². The SMILES string of the molecule is CC(C)(C)OC(=O)N1CCN(Cc2cncn2Cc2ccc(C#N)cc2)CCC1c1ccccc1. The van der Waals surface area contributed by atoms with Gasteiger partial charge in [-0.1, -0.05) is 42.5 Å². The van der Waals surface area contributed by atoms with Crippen LogP contribution in [-0.2, 0) is 17.8 Å². The van der Waals surface area contributed by atoms with Gasteiger partial charge in [0.2, 0.25) is 0 Å². The monoisotopic (exact) mass is 471 g/mol. The molecule has 2 heterocycles. The van der Waals surface area contributed by atoms with Crippen molar-refractivity contribution in [1.29, 1.82) is 5.26 Å². The molecular weight excluding hydrogens is 438 g/mol. The van der Waals surface area contributed by atoms with E-state index in [-0.39, 0.29) is 12.1 Å². The molecule has 182 valence electrons.